The van der Waals surface area contributed by atoms with Crippen LogP contribution in [0.1, 0.15) is 44.1 Å². The molecule has 47 heavy (non-hydrogen) atoms. The second-order valence-electron chi connectivity index (χ2n) is 12.3. The maximum Gasteiger partial charge on any atom is 0.298 e. The smallest absolute Gasteiger partial charge is 0.298 e. The van der Waals surface area contributed by atoms with E-state index in [2.05, 4.69) is 0 Å². The van der Waals surface area contributed by atoms with Crippen molar-refractivity contribution in [2.75, 3.05) is 20.1 Å². The summed E-state index contributed by atoms with van der Waals surface area (Å²) >= 11 is 0. The van der Waals surface area contributed by atoms with Crippen LogP contribution in [0.25, 0.3) is 10.8 Å². The molecule has 8 nitrogen and oxygen atoms in total. The van der Waals surface area contributed by atoms with Gasteiger partial charge in [-0.05, 0) is 110 Å². The SMILES string of the molecule is CN([C@@H](C(=O)N1CCC(N)CC1)C(F)(F)c1ccc(Oc2ccccc2)cc1)S(=O)(=O)c1ccc2cc(OC3CCCC3)ccc2c1. The van der Waals surface area contributed by atoms with Gasteiger partial charge in [0.1, 0.15) is 17.2 Å². The highest BCUT2D eigenvalue weighted by molar-refractivity contribution is 7.89. The first-order valence-corrected chi connectivity index (χ1v) is 17.4. The third kappa shape index (κ3) is 7.12. The zero-order valence-corrected chi connectivity index (χ0v) is 27.0. The number of piperidine rings is 1. The normalized spacial score (nSPS) is 17.3. The van der Waals surface area contributed by atoms with E-state index in [-0.39, 0.29) is 30.1 Å². The Balaban J connectivity index is 1.30. The number of likely N-dealkylation sites (tertiary alicyclic amines) is 1. The van der Waals surface area contributed by atoms with Crippen molar-refractivity contribution >= 4 is 26.7 Å². The number of sulfonamides is 1. The predicted molar refractivity (Wildman–Crippen MR) is 176 cm³/mol. The Bertz CT molecular complexity index is 1810. The number of nitrogens with zero attached hydrogens (tertiary/aromatic N) is 2. The molecule has 4 aromatic rings. The molecule has 2 fully saturated rings. The molecule has 11 heteroatoms. The minimum atomic E-state index is -4.57. The molecule has 2 aliphatic rings. The van der Waals surface area contributed by atoms with Gasteiger partial charge >= 0.3 is 0 Å². The van der Waals surface area contributed by atoms with E-state index < -0.39 is 33.5 Å². The van der Waals surface area contributed by atoms with Crippen molar-refractivity contribution in [3.05, 3.63) is 96.6 Å². The van der Waals surface area contributed by atoms with E-state index in [1.165, 1.54) is 29.2 Å². The number of rotatable bonds is 10. The molecule has 2 N–H and O–H groups in total. The average Bonchev–Trinajstić information content (AvgIpc) is 3.58. The second kappa shape index (κ2) is 13.6. The fourth-order valence-electron chi connectivity index (χ4n) is 6.30. The number of fused-ring (bicyclic) bond motifs is 1. The van der Waals surface area contributed by atoms with Gasteiger partial charge in [0.05, 0.1) is 11.0 Å². The van der Waals surface area contributed by atoms with Crippen LogP contribution in [-0.2, 0) is 20.7 Å². The molecule has 248 valence electrons. The van der Waals surface area contributed by atoms with Crippen molar-refractivity contribution < 1.29 is 31.5 Å². The molecule has 1 aliphatic heterocycles. The number of hydrogen-bond donors (Lipinski definition) is 1. The topological polar surface area (TPSA) is 102 Å². The van der Waals surface area contributed by atoms with E-state index in [1.807, 2.05) is 12.1 Å². The molecule has 1 atom stereocenters. The molecule has 0 aromatic heterocycles. The summed E-state index contributed by atoms with van der Waals surface area (Å²) in [5.74, 6) is -3.33. The number of ether oxygens (including phenoxy) is 2. The van der Waals surface area contributed by atoms with Crippen LogP contribution < -0.4 is 15.2 Å². The summed E-state index contributed by atoms with van der Waals surface area (Å²) in [6.45, 7) is 0.317. The van der Waals surface area contributed by atoms with Crippen molar-refractivity contribution in [3.63, 3.8) is 0 Å². The number of likely N-dealkylation sites (N-methyl/N-ethyl adjacent to an activating group) is 1. The van der Waals surface area contributed by atoms with Crippen LogP contribution in [0, 0.1) is 0 Å². The number of carbonyl (C=O) groups is 1. The van der Waals surface area contributed by atoms with Gasteiger partial charge in [0.15, 0.2) is 6.04 Å². The average molecular weight is 664 g/mol. The van der Waals surface area contributed by atoms with Crippen molar-refractivity contribution in [3.8, 4) is 17.2 Å². The Morgan fingerprint density at radius 3 is 2.13 bits per heavy atom. The molecule has 1 saturated carbocycles. The Morgan fingerprint density at radius 1 is 0.851 bits per heavy atom. The van der Waals surface area contributed by atoms with Gasteiger partial charge in [-0.2, -0.15) is 13.1 Å². The molecular weight excluding hydrogens is 624 g/mol. The first-order valence-electron chi connectivity index (χ1n) is 16.0. The number of hydrogen-bond acceptors (Lipinski definition) is 6. The fraction of sp³-hybridized carbons (Fsp3) is 0.361. The lowest BCUT2D eigenvalue weighted by Gasteiger charge is -2.38. The third-order valence-electron chi connectivity index (χ3n) is 9.08. The molecule has 1 heterocycles. The summed E-state index contributed by atoms with van der Waals surface area (Å²) in [6, 6.07) is 21.3. The minimum absolute atomic E-state index is 0.154. The second-order valence-corrected chi connectivity index (χ2v) is 14.3. The van der Waals surface area contributed by atoms with Crippen molar-refractivity contribution in [2.45, 2.75) is 67.5 Å². The largest absolute Gasteiger partial charge is 0.490 e. The molecule has 0 spiro atoms. The zero-order chi connectivity index (χ0) is 33.2. The van der Waals surface area contributed by atoms with Gasteiger partial charge in [-0.1, -0.05) is 30.3 Å². The minimum Gasteiger partial charge on any atom is -0.490 e. The Kier molecular flexibility index (Phi) is 9.50. The molecule has 0 unspecified atom stereocenters. The summed E-state index contributed by atoms with van der Waals surface area (Å²) in [5.41, 5.74) is 5.49. The Morgan fingerprint density at radius 2 is 1.45 bits per heavy atom. The van der Waals surface area contributed by atoms with Crippen molar-refractivity contribution in [1.29, 1.82) is 0 Å². The van der Waals surface area contributed by atoms with Crippen LogP contribution in [-0.4, -0.2) is 61.9 Å². The molecule has 0 bridgehead atoms. The van der Waals surface area contributed by atoms with Crippen LogP contribution >= 0.6 is 0 Å². The number of halogens is 2. The van der Waals surface area contributed by atoms with E-state index in [0.29, 0.717) is 39.8 Å². The molecular formula is C36H39F2N3O5S. The van der Waals surface area contributed by atoms with E-state index in [0.717, 1.165) is 50.2 Å². The van der Waals surface area contributed by atoms with Gasteiger partial charge in [0.2, 0.25) is 15.9 Å². The monoisotopic (exact) mass is 663 g/mol. The lowest BCUT2D eigenvalue weighted by molar-refractivity contribution is -0.151. The van der Waals surface area contributed by atoms with E-state index in [9.17, 15) is 13.2 Å². The molecule has 1 amide bonds. The Labute approximate surface area is 274 Å². The van der Waals surface area contributed by atoms with Gasteiger partial charge in [-0.3, -0.25) is 4.79 Å². The number of nitrogens with two attached hydrogens (primary N) is 1. The van der Waals surface area contributed by atoms with Crippen LogP contribution in [0.3, 0.4) is 0 Å². The van der Waals surface area contributed by atoms with Gasteiger partial charge in [-0.15, -0.1) is 0 Å². The maximum atomic E-state index is 16.6. The lowest BCUT2D eigenvalue weighted by atomic mass is 9.98. The quantitative estimate of drug-likeness (QED) is 0.203. The summed E-state index contributed by atoms with van der Waals surface area (Å²) in [5, 5.41) is 1.36. The summed E-state index contributed by atoms with van der Waals surface area (Å²) in [4.78, 5) is 15.0. The highest BCUT2D eigenvalue weighted by atomic mass is 32.2. The molecule has 6 rings (SSSR count). The standard InChI is InChI=1S/C36H39F2N3O5S/c1-40(47(43,44)33-18-12-25-23-32(15-11-26(25)24-33)46-30-9-5-6-10-30)34(35(42)41-21-19-28(39)20-22-41)36(37,38)27-13-16-31(17-14-27)45-29-7-3-2-4-8-29/h2-4,7-8,11-18,23-24,28,30,34H,5-6,9-10,19-22,39H2,1H3/t34-/m0/s1. The number of amides is 1. The van der Waals surface area contributed by atoms with E-state index >= 15 is 8.78 Å². The zero-order valence-electron chi connectivity index (χ0n) is 26.2. The van der Waals surface area contributed by atoms with Crippen LogP contribution in [0.4, 0.5) is 8.78 Å². The van der Waals surface area contributed by atoms with Gasteiger partial charge in [0, 0.05) is 31.7 Å². The van der Waals surface area contributed by atoms with E-state index in [4.69, 9.17) is 15.2 Å². The van der Waals surface area contributed by atoms with Gasteiger partial charge in [-0.25, -0.2) is 8.42 Å². The van der Waals surface area contributed by atoms with E-state index in [1.54, 1.807) is 42.5 Å². The molecule has 1 aliphatic carbocycles. The predicted octanol–water partition coefficient (Wildman–Crippen LogP) is 6.68. The highest BCUT2D eigenvalue weighted by Gasteiger charge is 2.53. The summed E-state index contributed by atoms with van der Waals surface area (Å²) < 4.78 is 73.6. The van der Waals surface area contributed by atoms with Crippen molar-refractivity contribution in [2.24, 2.45) is 5.73 Å². The van der Waals surface area contributed by atoms with Crippen molar-refractivity contribution in [1.82, 2.24) is 9.21 Å². The number of carbonyl (C=O) groups excluding carboxylic acids is 1. The van der Waals surface area contributed by atoms with Crippen LogP contribution in [0.15, 0.2) is 95.9 Å². The summed E-state index contributed by atoms with van der Waals surface area (Å²) in [7, 11) is -3.53. The van der Waals surface area contributed by atoms with Gasteiger partial charge < -0.3 is 20.1 Å². The first kappa shape index (κ1) is 32.9. The highest BCUT2D eigenvalue weighted by Crippen LogP contribution is 2.39. The molecule has 0 radical (unpaired) electrons. The third-order valence-corrected chi connectivity index (χ3v) is 10.9. The lowest BCUT2D eigenvalue weighted by Crippen LogP contribution is -2.58. The molecule has 4 aromatic carbocycles. The van der Waals surface area contributed by atoms with Gasteiger partial charge in [0.25, 0.3) is 5.92 Å². The Hall–Kier alpha value is -4.06. The van der Waals surface area contributed by atoms with Crippen LogP contribution in [0.5, 0.6) is 17.2 Å². The number of benzene rings is 4. The number of alkyl halides is 2. The summed E-state index contributed by atoms with van der Waals surface area (Å²) in [6.07, 6.45) is 5.31. The first-order chi connectivity index (χ1) is 22.5. The fourth-order valence-corrected chi connectivity index (χ4v) is 7.65. The molecule has 1 saturated heterocycles. The maximum absolute atomic E-state index is 16.6. The number of para-hydroxylation sites is 1. The van der Waals surface area contributed by atoms with Crippen LogP contribution in [0.2, 0.25) is 0 Å².